The van der Waals surface area contributed by atoms with Crippen LogP contribution in [0.2, 0.25) is 0 Å². The van der Waals surface area contributed by atoms with E-state index in [-0.39, 0.29) is 6.04 Å². The fraction of sp³-hybridized carbons (Fsp3) is 0.438. The van der Waals surface area contributed by atoms with Gasteiger partial charge in [-0.3, -0.25) is 0 Å². The molecule has 1 aromatic heterocycles. The maximum Gasteiger partial charge on any atom is 0.490 e. The van der Waals surface area contributed by atoms with Crippen LogP contribution in [0.5, 0.6) is 6.01 Å². The summed E-state index contributed by atoms with van der Waals surface area (Å²) in [4.78, 5) is 23.5. The first-order valence-corrected chi connectivity index (χ1v) is 14.7. The summed E-state index contributed by atoms with van der Waals surface area (Å²) in [5.74, 6) is -1.79. The van der Waals surface area contributed by atoms with E-state index in [0.29, 0.717) is 25.1 Å². The van der Waals surface area contributed by atoms with Gasteiger partial charge < -0.3 is 25.0 Å². The molecular weight excluding hydrogens is 573 g/mol. The first-order chi connectivity index (χ1) is 21.1. The molecule has 0 amide bonds. The zero-order valence-electron chi connectivity index (χ0n) is 24.5. The quantitative estimate of drug-likeness (QED) is 0.403. The summed E-state index contributed by atoms with van der Waals surface area (Å²) in [5, 5.41) is 22.4. The van der Waals surface area contributed by atoms with E-state index in [0.717, 1.165) is 57.0 Å². The third-order valence-electron chi connectivity index (χ3n) is 8.30. The second-order valence-electron chi connectivity index (χ2n) is 11.2. The Balaban J connectivity index is 0.000000493. The molecule has 2 aliphatic heterocycles. The molecular formula is C32H35F3N6O3. The zero-order chi connectivity index (χ0) is 31.3. The predicted octanol–water partition coefficient (Wildman–Crippen LogP) is 4.91. The van der Waals surface area contributed by atoms with Crippen molar-refractivity contribution in [1.29, 1.82) is 5.26 Å². The SMILES string of the molecule is CN1CCC[C@H]1COc1nc2c(c(N3CCN[C@@H](CC#N)C3)n1)CCC(c1cccc3ccccc13)=C2.O=C(O)C(F)(F)F. The van der Waals surface area contributed by atoms with Crippen molar-refractivity contribution in [3.63, 3.8) is 0 Å². The summed E-state index contributed by atoms with van der Waals surface area (Å²) in [6.07, 6.45) is 1.84. The van der Waals surface area contributed by atoms with Gasteiger partial charge in [0, 0.05) is 37.3 Å². The second kappa shape index (κ2) is 13.6. The monoisotopic (exact) mass is 608 g/mol. The van der Waals surface area contributed by atoms with Gasteiger partial charge in [-0.15, -0.1) is 0 Å². The third kappa shape index (κ3) is 7.29. The normalized spacial score (nSPS) is 20.2. The summed E-state index contributed by atoms with van der Waals surface area (Å²) < 4.78 is 38.0. The van der Waals surface area contributed by atoms with Crippen LogP contribution < -0.4 is 15.0 Å². The van der Waals surface area contributed by atoms with Gasteiger partial charge >= 0.3 is 18.2 Å². The Morgan fingerprint density at radius 3 is 2.66 bits per heavy atom. The summed E-state index contributed by atoms with van der Waals surface area (Å²) in [6.45, 7) is 4.18. The molecule has 0 radical (unpaired) electrons. The van der Waals surface area contributed by atoms with E-state index >= 15 is 0 Å². The van der Waals surface area contributed by atoms with Crippen molar-refractivity contribution in [3.8, 4) is 12.1 Å². The molecule has 6 rings (SSSR count). The number of carboxylic acids is 1. The number of aliphatic carboxylic acids is 1. The van der Waals surface area contributed by atoms with Gasteiger partial charge in [-0.1, -0.05) is 42.5 Å². The van der Waals surface area contributed by atoms with Crippen LogP contribution in [0.4, 0.5) is 19.0 Å². The highest BCUT2D eigenvalue weighted by molar-refractivity contribution is 5.98. The topological polar surface area (TPSA) is 115 Å². The Morgan fingerprint density at radius 2 is 1.93 bits per heavy atom. The molecule has 2 aromatic carbocycles. The van der Waals surface area contributed by atoms with Gasteiger partial charge in [-0.05, 0) is 67.3 Å². The number of halogens is 3. The fourth-order valence-electron chi connectivity index (χ4n) is 5.99. The summed E-state index contributed by atoms with van der Waals surface area (Å²) in [7, 11) is 2.16. The minimum Gasteiger partial charge on any atom is -0.475 e. The van der Waals surface area contributed by atoms with E-state index < -0.39 is 12.1 Å². The van der Waals surface area contributed by atoms with E-state index in [1.807, 2.05) is 0 Å². The Hall–Kier alpha value is -4.21. The van der Waals surface area contributed by atoms with Gasteiger partial charge in [-0.25, -0.2) is 4.79 Å². The number of nitrogens with zero attached hydrogens (tertiary/aromatic N) is 5. The second-order valence-corrected chi connectivity index (χ2v) is 11.2. The van der Waals surface area contributed by atoms with Crippen LogP contribution in [0.25, 0.3) is 22.4 Å². The lowest BCUT2D eigenvalue weighted by atomic mass is 9.88. The number of hydrogen-bond donors (Lipinski definition) is 2. The van der Waals surface area contributed by atoms with Gasteiger partial charge in [0.05, 0.1) is 18.2 Å². The number of nitriles is 1. The minimum absolute atomic E-state index is 0.145. The molecule has 3 heterocycles. The van der Waals surface area contributed by atoms with Crippen LogP contribution in [-0.2, 0) is 11.2 Å². The van der Waals surface area contributed by atoms with Crippen LogP contribution in [0.15, 0.2) is 42.5 Å². The van der Waals surface area contributed by atoms with Crippen LogP contribution in [0.1, 0.15) is 42.5 Å². The molecule has 2 N–H and O–H groups in total. The molecule has 2 saturated heterocycles. The molecule has 9 nitrogen and oxygen atoms in total. The molecule has 12 heteroatoms. The minimum atomic E-state index is -5.08. The first kappa shape index (κ1) is 31.2. The Kier molecular flexibility index (Phi) is 9.66. The molecule has 0 spiro atoms. The molecule has 0 bridgehead atoms. The van der Waals surface area contributed by atoms with Crippen LogP contribution in [0.3, 0.4) is 0 Å². The smallest absolute Gasteiger partial charge is 0.475 e. The van der Waals surface area contributed by atoms with Crippen molar-refractivity contribution in [2.24, 2.45) is 0 Å². The van der Waals surface area contributed by atoms with E-state index in [2.05, 4.69) is 76.8 Å². The van der Waals surface area contributed by atoms with Crippen molar-refractivity contribution in [2.45, 2.75) is 50.4 Å². The molecule has 2 atom stereocenters. The number of alkyl halides is 3. The molecule has 3 aromatic rings. The number of rotatable bonds is 6. The summed E-state index contributed by atoms with van der Waals surface area (Å²) in [5.41, 5.74) is 4.73. The highest BCUT2D eigenvalue weighted by atomic mass is 19.4. The number of aromatic nitrogens is 2. The number of piperazine rings is 1. The lowest BCUT2D eigenvalue weighted by molar-refractivity contribution is -0.192. The Morgan fingerprint density at radius 1 is 1.16 bits per heavy atom. The Labute approximate surface area is 254 Å². The van der Waals surface area contributed by atoms with Crippen molar-refractivity contribution < 1.29 is 27.8 Å². The number of likely N-dealkylation sites (N-methyl/N-ethyl adjacent to an activating group) is 1. The number of ether oxygens (including phenoxy) is 1. The maximum atomic E-state index is 10.6. The van der Waals surface area contributed by atoms with Gasteiger partial charge in [0.25, 0.3) is 0 Å². The van der Waals surface area contributed by atoms with Gasteiger partial charge in [0.2, 0.25) is 0 Å². The van der Waals surface area contributed by atoms with Gasteiger partial charge in [0.15, 0.2) is 0 Å². The maximum absolute atomic E-state index is 10.6. The number of fused-ring (bicyclic) bond motifs is 2. The van der Waals surface area contributed by atoms with Crippen molar-refractivity contribution in [1.82, 2.24) is 20.2 Å². The average Bonchev–Trinajstić information content (AvgIpc) is 3.43. The summed E-state index contributed by atoms with van der Waals surface area (Å²) >= 11 is 0. The lowest BCUT2D eigenvalue weighted by Crippen LogP contribution is -2.51. The molecule has 3 aliphatic rings. The fourth-order valence-corrected chi connectivity index (χ4v) is 5.99. The Bertz CT molecular complexity index is 1570. The predicted molar refractivity (Wildman–Crippen MR) is 161 cm³/mol. The van der Waals surface area contributed by atoms with Crippen LogP contribution in [-0.4, -0.2) is 84.0 Å². The number of likely N-dealkylation sites (tertiary alicyclic amines) is 1. The summed E-state index contributed by atoms with van der Waals surface area (Å²) in [6, 6.07) is 18.4. The van der Waals surface area contributed by atoms with Crippen LogP contribution >= 0.6 is 0 Å². The molecule has 44 heavy (non-hydrogen) atoms. The van der Waals surface area contributed by atoms with Crippen LogP contribution in [0, 0.1) is 11.3 Å². The zero-order valence-corrected chi connectivity index (χ0v) is 24.5. The standard InChI is InChI=1S/C30H34N6O.C2HF3O2/c1-35-16-5-8-24(35)20-37-30-33-28-18-22(26-10-4-7-21-6-2-3-9-25(21)26)11-12-27(28)29(34-30)36-17-15-32-23(19-36)13-14-31;3-2(4,5)1(6)7/h2-4,6-7,9-10,18,23-24,32H,5,8,11-13,15-17,19-20H2,1H3;(H,6,7)/t23-,24-;/m0./s1. The van der Waals surface area contributed by atoms with E-state index in [4.69, 9.17) is 24.6 Å². The largest absolute Gasteiger partial charge is 0.490 e. The molecule has 0 unspecified atom stereocenters. The number of hydrogen-bond acceptors (Lipinski definition) is 8. The van der Waals surface area contributed by atoms with Crippen molar-refractivity contribution >= 4 is 34.2 Å². The van der Waals surface area contributed by atoms with Crippen molar-refractivity contribution in [3.05, 3.63) is 59.3 Å². The number of allylic oxidation sites excluding steroid dienone is 1. The van der Waals surface area contributed by atoms with E-state index in [1.54, 1.807) is 0 Å². The third-order valence-corrected chi connectivity index (χ3v) is 8.30. The van der Waals surface area contributed by atoms with Gasteiger partial charge in [0.1, 0.15) is 12.4 Å². The lowest BCUT2D eigenvalue weighted by Gasteiger charge is -2.35. The van der Waals surface area contributed by atoms with E-state index in [9.17, 15) is 18.4 Å². The molecule has 0 saturated carbocycles. The molecule has 2 fully saturated rings. The van der Waals surface area contributed by atoms with Crippen molar-refractivity contribution in [2.75, 3.05) is 44.7 Å². The number of nitrogens with one attached hydrogen (secondary N) is 1. The average molecular weight is 609 g/mol. The highest BCUT2D eigenvalue weighted by Gasteiger charge is 2.38. The molecule has 1 aliphatic carbocycles. The number of anilines is 1. The number of benzene rings is 2. The van der Waals surface area contributed by atoms with Gasteiger partial charge in [-0.2, -0.15) is 28.4 Å². The molecule has 232 valence electrons. The number of carboxylic acid groups (broad SMARTS) is 1. The first-order valence-electron chi connectivity index (χ1n) is 14.7. The number of carbonyl (C=O) groups is 1. The van der Waals surface area contributed by atoms with E-state index in [1.165, 1.54) is 33.9 Å². The highest BCUT2D eigenvalue weighted by Crippen LogP contribution is 2.37.